The zero-order valence-electron chi connectivity index (χ0n) is 13.2. The molecule has 3 aromatic rings. The lowest BCUT2D eigenvalue weighted by atomic mass is 9.92. The first-order chi connectivity index (χ1) is 11.4. The van der Waals surface area contributed by atoms with Crippen molar-refractivity contribution >= 4 is 9.84 Å². The molecular weight excluding hydrogens is 328 g/mol. The summed E-state index contributed by atoms with van der Waals surface area (Å²) in [6.45, 7) is 3.62. The number of nitrogens with zero attached hydrogens (tertiary/aromatic N) is 6. The maximum absolute atomic E-state index is 12.9. The van der Waals surface area contributed by atoms with Crippen LogP contribution in [0.15, 0.2) is 54.1 Å². The average Bonchev–Trinajstić information content (AvgIpc) is 3.06. The van der Waals surface area contributed by atoms with Gasteiger partial charge in [-0.2, -0.15) is 4.68 Å². The number of rotatable bonds is 5. The minimum atomic E-state index is -3.74. The average molecular weight is 344 g/mol. The minimum absolute atomic E-state index is 0.176. The molecule has 0 aliphatic rings. The standard InChI is InChI=1S/C15H16N6O2S/c1-15(2,13-8-9-16-11-17-13)10-24(22,23)14-18-19-20-21(14)12-6-4-3-5-7-12/h3-9,11H,10H2,1-2H3. The Morgan fingerprint density at radius 3 is 2.54 bits per heavy atom. The van der Waals surface area contributed by atoms with Crippen LogP contribution in [0.5, 0.6) is 0 Å². The minimum Gasteiger partial charge on any atom is -0.245 e. The van der Waals surface area contributed by atoms with Crippen molar-refractivity contribution in [3.05, 3.63) is 54.6 Å². The number of hydrogen-bond donors (Lipinski definition) is 0. The third kappa shape index (κ3) is 3.16. The molecule has 0 spiro atoms. The number of hydrogen-bond acceptors (Lipinski definition) is 7. The normalized spacial score (nSPS) is 12.2. The Kier molecular flexibility index (Phi) is 4.10. The van der Waals surface area contributed by atoms with Gasteiger partial charge in [0.2, 0.25) is 9.84 Å². The monoisotopic (exact) mass is 344 g/mol. The Morgan fingerprint density at radius 2 is 1.88 bits per heavy atom. The summed E-state index contributed by atoms with van der Waals surface area (Å²) in [6, 6.07) is 10.6. The molecule has 2 aromatic heterocycles. The highest BCUT2D eigenvalue weighted by Gasteiger charge is 2.34. The summed E-state index contributed by atoms with van der Waals surface area (Å²) in [5.41, 5.74) is 0.510. The Labute approximate surface area is 139 Å². The fraction of sp³-hybridized carbons (Fsp3) is 0.267. The van der Waals surface area contributed by atoms with Gasteiger partial charge in [-0.25, -0.2) is 18.4 Å². The molecule has 0 fully saturated rings. The molecule has 124 valence electrons. The largest absolute Gasteiger partial charge is 0.272 e. The van der Waals surface area contributed by atoms with E-state index in [4.69, 9.17) is 0 Å². The fourth-order valence-corrected chi connectivity index (χ4v) is 4.20. The molecule has 9 heteroatoms. The molecule has 0 N–H and O–H groups in total. The van der Waals surface area contributed by atoms with Crippen molar-refractivity contribution in [1.82, 2.24) is 30.2 Å². The van der Waals surface area contributed by atoms with E-state index >= 15 is 0 Å². The molecule has 24 heavy (non-hydrogen) atoms. The molecule has 0 atom stereocenters. The van der Waals surface area contributed by atoms with Crippen LogP contribution in [0.25, 0.3) is 5.69 Å². The summed E-state index contributed by atoms with van der Waals surface area (Å²) in [5.74, 6) is -0.176. The predicted octanol–water partition coefficient (Wildman–Crippen LogP) is 1.20. The van der Waals surface area contributed by atoms with Crippen molar-refractivity contribution < 1.29 is 8.42 Å². The van der Waals surface area contributed by atoms with Gasteiger partial charge < -0.3 is 0 Å². The lowest BCUT2D eigenvalue weighted by molar-refractivity contribution is 0.528. The van der Waals surface area contributed by atoms with Crippen molar-refractivity contribution in [2.45, 2.75) is 24.4 Å². The molecule has 0 aliphatic heterocycles. The molecule has 3 rings (SSSR count). The van der Waals surface area contributed by atoms with Crippen LogP contribution in [-0.2, 0) is 15.3 Å². The summed E-state index contributed by atoms with van der Waals surface area (Å²) >= 11 is 0. The second-order valence-electron chi connectivity index (χ2n) is 5.95. The third-order valence-electron chi connectivity index (χ3n) is 3.55. The molecule has 0 unspecified atom stereocenters. The van der Waals surface area contributed by atoms with Crippen LogP contribution in [0, 0.1) is 0 Å². The molecule has 2 heterocycles. The Bertz CT molecular complexity index is 923. The van der Waals surface area contributed by atoms with Crippen molar-refractivity contribution in [3.63, 3.8) is 0 Å². The van der Waals surface area contributed by atoms with Gasteiger partial charge in [0.1, 0.15) is 6.33 Å². The van der Waals surface area contributed by atoms with E-state index in [2.05, 4.69) is 25.5 Å². The second kappa shape index (κ2) is 6.08. The molecule has 0 amide bonds. The third-order valence-corrected chi connectivity index (χ3v) is 5.46. The number of tetrazole rings is 1. The van der Waals surface area contributed by atoms with Gasteiger partial charge in [-0.05, 0) is 28.6 Å². The zero-order chi connectivity index (χ0) is 17.2. The molecular formula is C15H16N6O2S. The van der Waals surface area contributed by atoms with E-state index in [1.807, 2.05) is 19.9 Å². The Morgan fingerprint density at radius 1 is 1.12 bits per heavy atom. The molecule has 8 nitrogen and oxygen atoms in total. The van der Waals surface area contributed by atoms with E-state index < -0.39 is 15.3 Å². The first kappa shape index (κ1) is 16.2. The lowest BCUT2D eigenvalue weighted by Gasteiger charge is -2.23. The SMILES string of the molecule is CC(C)(CS(=O)(=O)c1nnnn1-c1ccccc1)c1ccncn1. The van der Waals surface area contributed by atoms with Gasteiger partial charge in [0.05, 0.1) is 17.1 Å². The Hall–Kier alpha value is -2.68. The van der Waals surface area contributed by atoms with E-state index in [0.717, 1.165) is 0 Å². The van der Waals surface area contributed by atoms with Gasteiger partial charge in [0.15, 0.2) is 0 Å². The highest BCUT2D eigenvalue weighted by Crippen LogP contribution is 2.25. The maximum atomic E-state index is 12.9. The van der Waals surface area contributed by atoms with Crippen LogP contribution >= 0.6 is 0 Å². The van der Waals surface area contributed by atoms with Gasteiger partial charge in [0.25, 0.3) is 5.16 Å². The van der Waals surface area contributed by atoms with E-state index in [-0.39, 0.29) is 10.9 Å². The summed E-state index contributed by atoms with van der Waals surface area (Å²) in [5, 5.41) is 10.9. The second-order valence-corrected chi connectivity index (χ2v) is 7.83. The zero-order valence-corrected chi connectivity index (χ0v) is 14.1. The molecule has 0 saturated carbocycles. The number of para-hydroxylation sites is 1. The molecule has 1 aromatic carbocycles. The fourth-order valence-electron chi connectivity index (χ4n) is 2.41. The summed E-state index contributed by atoms with van der Waals surface area (Å²) in [4.78, 5) is 8.02. The van der Waals surface area contributed by atoms with Crippen LogP contribution in [-0.4, -0.2) is 44.3 Å². The molecule has 0 saturated heterocycles. The number of sulfone groups is 1. The van der Waals surface area contributed by atoms with Crippen molar-refractivity contribution in [1.29, 1.82) is 0 Å². The van der Waals surface area contributed by atoms with Crippen LogP contribution < -0.4 is 0 Å². The smallest absolute Gasteiger partial charge is 0.245 e. The topological polar surface area (TPSA) is 104 Å². The highest BCUT2D eigenvalue weighted by atomic mass is 32.2. The van der Waals surface area contributed by atoms with Gasteiger partial charge in [-0.15, -0.1) is 0 Å². The summed E-state index contributed by atoms with van der Waals surface area (Å²) in [7, 11) is -3.74. The van der Waals surface area contributed by atoms with Gasteiger partial charge >= 0.3 is 0 Å². The first-order valence-electron chi connectivity index (χ1n) is 7.23. The molecule has 0 aliphatic carbocycles. The van der Waals surface area contributed by atoms with Crippen LogP contribution in [0.4, 0.5) is 0 Å². The lowest BCUT2D eigenvalue weighted by Crippen LogP contribution is -2.30. The first-order valence-corrected chi connectivity index (χ1v) is 8.88. The molecule has 0 radical (unpaired) electrons. The molecule has 0 bridgehead atoms. The van der Waals surface area contributed by atoms with Gasteiger partial charge in [-0.3, -0.25) is 0 Å². The number of benzene rings is 1. The van der Waals surface area contributed by atoms with Crippen molar-refractivity contribution in [2.75, 3.05) is 5.75 Å². The van der Waals surface area contributed by atoms with Crippen molar-refractivity contribution in [3.8, 4) is 5.69 Å². The van der Waals surface area contributed by atoms with Gasteiger partial charge in [0, 0.05) is 11.6 Å². The van der Waals surface area contributed by atoms with Crippen LogP contribution in [0.3, 0.4) is 0 Å². The Balaban J connectivity index is 1.97. The van der Waals surface area contributed by atoms with E-state index in [1.165, 1.54) is 11.0 Å². The quantitative estimate of drug-likeness (QED) is 0.685. The highest BCUT2D eigenvalue weighted by molar-refractivity contribution is 7.91. The van der Waals surface area contributed by atoms with Crippen LogP contribution in [0.1, 0.15) is 19.5 Å². The van der Waals surface area contributed by atoms with E-state index in [9.17, 15) is 8.42 Å². The van der Waals surface area contributed by atoms with E-state index in [0.29, 0.717) is 11.4 Å². The van der Waals surface area contributed by atoms with E-state index in [1.54, 1.807) is 36.5 Å². The summed E-state index contributed by atoms with van der Waals surface area (Å²) < 4.78 is 27.0. The van der Waals surface area contributed by atoms with Gasteiger partial charge in [-0.1, -0.05) is 37.1 Å². The number of aromatic nitrogens is 6. The predicted molar refractivity (Wildman–Crippen MR) is 86.3 cm³/mol. The maximum Gasteiger partial charge on any atom is 0.272 e. The van der Waals surface area contributed by atoms with Crippen LogP contribution in [0.2, 0.25) is 0 Å². The van der Waals surface area contributed by atoms with Crippen molar-refractivity contribution in [2.24, 2.45) is 0 Å². The summed E-state index contributed by atoms with van der Waals surface area (Å²) in [6.07, 6.45) is 2.99.